The van der Waals surface area contributed by atoms with E-state index in [9.17, 15) is 22.0 Å². The van der Waals surface area contributed by atoms with Crippen LogP contribution in [0.3, 0.4) is 0 Å². The predicted molar refractivity (Wildman–Crippen MR) is 118 cm³/mol. The van der Waals surface area contributed by atoms with E-state index in [0.29, 0.717) is 4.31 Å². The highest BCUT2D eigenvalue weighted by Crippen LogP contribution is 2.40. The first kappa shape index (κ1) is 23.2. The lowest BCUT2D eigenvalue weighted by Crippen LogP contribution is -2.51. The zero-order chi connectivity index (χ0) is 24.6. The highest BCUT2D eigenvalue weighted by molar-refractivity contribution is 7.94. The number of anilines is 2. The molecule has 3 aromatic rings. The van der Waals surface area contributed by atoms with Gasteiger partial charge in [-0.05, 0) is 12.1 Å². The van der Waals surface area contributed by atoms with Gasteiger partial charge in [-0.1, -0.05) is 12.1 Å². The van der Waals surface area contributed by atoms with Crippen molar-refractivity contribution in [2.24, 2.45) is 0 Å². The number of fused-ring (bicyclic) bond motifs is 1. The molecule has 0 fully saturated rings. The summed E-state index contributed by atoms with van der Waals surface area (Å²) in [6.45, 7) is -0.580. The van der Waals surface area contributed by atoms with Gasteiger partial charge < -0.3 is 14.2 Å². The van der Waals surface area contributed by atoms with E-state index in [2.05, 4.69) is 4.98 Å². The van der Waals surface area contributed by atoms with E-state index >= 15 is 0 Å². The van der Waals surface area contributed by atoms with Crippen LogP contribution in [0.5, 0.6) is 17.5 Å². The Morgan fingerprint density at radius 3 is 2.06 bits per heavy atom. The Morgan fingerprint density at radius 2 is 1.50 bits per heavy atom. The Labute approximate surface area is 194 Å². The van der Waals surface area contributed by atoms with Crippen LogP contribution in [-0.4, -0.2) is 40.8 Å². The van der Waals surface area contributed by atoms with Crippen LogP contribution < -0.4 is 23.4 Å². The summed E-state index contributed by atoms with van der Waals surface area (Å²) in [4.78, 5) is 18.3. The number of hydrogen-bond donors (Lipinski definition) is 0. The molecule has 0 saturated heterocycles. The topological polar surface area (TPSA) is 98.3 Å². The number of ether oxygens (including phenoxy) is 3. The van der Waals surface area contributed by atoms with Crippen molar-refractivity contribution in [3.05, 3.63) is 65.7 Å². The molecule has 34 heavy (non-hydrogen) atoms. The first-order valence-electron chi connectivity index (χ1n) is 9.79. The van der Waals surface area contributed by atoms with Crippen molar-refractivity contribution in [2.75, 3.05) is 30.5 Å². The number of amides is 2. The van der Waals surface area contributed by atoms with Crippen molar-refractivity contribution in [1.82, 2.24) is 4.98 Å². The number of methoxy groups -OCH3 is 3. The Kier molecular flexibility index (Phi) is 6.00. The molecule has 1 aromatic heterocycles. The number of carbonyl (C=O) groups excluding carboxylic acids is 1. The van der Waals surface area contributed by atoms with E-state index in [1.165, 1.54) is 57.7 Å². The average molecular weight is 491 g/mol. The molecule has 0 aliphatic carbocycles. The standard InChI is InChI=1S/C22H19F2N3O6S/c1-31-14-10-16(23)15(17(24)11-14)12-26-18-6-4-5-7-19(18)34(29,30)27(22(26)28)13-8-20(32-2)25-21(9-13)33-3/h4-11H,12H2,1-3H3. The largest absolute Gasteiger partial charge is 0.497 e. The number of nitrogens with zero attached hydrogens (tertiary/aromatic N) is 3. The Hall–Kier alpha value is -3.93. The van der Waals surface area contributed by atoms with Crippen LogP contribution in [0.15, 0.2) is 53.4 Å². The third-order valence-corrected chi connectivity index (χ3v) is 6.91. The maximum atomic E-state index is 14.7. The number of aromatic nitrogens is 1. The third kappa shape index (κ3) is 3.85. The van der Waals surface area contributed by atoms with Crippen molar-refractivity contribution in [2.45, 2.75) is 11.4 Å². The minimum atomic E-state index is -4.40. The summed E-state index contributed by atoms with van der Waals surface area (Å²) in [5.74, 6) is -1.95. The van der Waals surface area contributed by atoms with E-state index in [0.717, 1.165) is 17.0 Å². The number of carbonyl (C=O) groups is 1. The van der Waals surface area contributed by atoms with Gasteiger partial charge in [-0.3, -0.25) is 4.90 Å². The molecule has 0 N–H and O–H groups in total. The molecule has 0 unspecified atom stereocenters. The molecular weight excluding hydrogens is 472 g/mol. The second-order valence-corrected chi connectivity index (χ2v) is 8.84. The molecule has 2 amide bonds. The van der Waals surface area contributed by atoms with E-state index in [4.69, 9.17) is 14.2 Å². The Bertz CT molecular complexity index is 1340. The van der Waals surface area contributed by atoms with Crippen molar-refractivity contribution in [1.29, 1.82) is 0 Å². The number of hydrogen-bond acceptors (Lipinski definition) is 7. The summed E-state index contributed by atoms with van der Waals surface area (Å²) in [5.41, 5.74) is -0.580. The second kappa shape index (κ2) is 8.78. The van der Waals surface area contributed by atoms with Crippen molar-refractivity contribution < 1.29 is 36.2 Å². The van der Waals surface area contributed by atoms with Gasteiger partial charge in [0.1, 0.15) is 22.3 Å². The van der Waals surface area contributed by atoms with E-state index < -0.39 is 39.8 Å². The highest BCUT2D eigenvalue weighted by Gasteiger charge is 2.43. The molecule has 9 nitrogen and oxygen atoms in total. The summed E-state index contributed by atoms with van der Waals surface area (Å²) >= 11 is 0. The summed E-state index contributed by atoms with van der Waals surface area (Å²) in [6.07, 6.45) is 0. The molecule has 1 aliphatic heterocycles. The lowest BCUT2D eigenvalue weighted by molar-refractivity contribution is 0.253. The predicted octanol–water partition coefficient (Wildman–Crippen LogP) is 3.72. The molecule has 0 radical (unpaired) electrons. The first-order chi connectivity index (χ1) is 16.2. The monoisotopic (exact) mass is 491 g/mol. The zero-order valence-electron chi connectivity index (χ0n) is 18.3. The van der Waals surface area contributed by atoms with E-state index in [1.54, 1.807) is 0 Å². The number of para-hydroxylation sites is 1. The van der Waals surface area contributed by atoms with E-state index in [1.807, 2.05) is 0 Å². The molecule has 12 heteroatoms. The van der Waals surface area contributed by atoms with Crippen LogP contribution >= 0.6 is 0 Å². The summed E-state index contributed by atoms with van der Waals surface area (Å²) in [5, 5.41) is 0. The molecule has 0 saturated carbocycles. The fourth-order valence-electron chi connectivity index (χ4n) is 3.52. The zero-order valence-corrected chi connectivity index (χ0v) is 19.1. The second-order valence-electron chi connectivity index (χ2n) is 7.09. The molecular formula is C22H19F2N3O6S. The number of halogens is 2. The van der Waals surface area contributed by atoms with Crippen LogP contribution in [0.25, 0.3) is 0 Å². The lowest BCUT2D eigenvalue weighted by Gasteiger charge is -2.36. The van der Waals surface area contributed by atoms with Crippen LogP contribution in [0.2, 0.25) is 0 Å². The van der Waals surface area contributed by atoms with Crippen LogP contribution in [0.4, 0.5) is 25.0 Å². The maximum absolute atomic E-state index is 14.7. The molecule has 1 aliphatic rings. The fraction of sp³-hybridized carbons (Fsp3) is 0.182. The third-order valence-electron chi connectivity index (χ3n) is 5.16. The number of sulfonamides is 1. The summed E-state index contributed by atoms with van der Waals surface area (Å²) in [6, 6.07) is 9.05. The Balaban J connectivity index is 1.89. The maximum Gasteiger partial charge on any atom is 0.343 e. The van der Waals surface area contributed by atoms with Gasteiger partial charge in [-0.25, -0.2) is 22.0 Å². The van der Waals surface area contributed by atoms with Gasteiger partial charge >= 0.3 is 6.03 Å². The number of benzene rings is 2. The van der Waals surface area contributed by atoms with Gasteiger partial charge in [0, 0.05) is 29.8 Å². The van der Waals surface area contributed by atoms with Crippen LogP contribution in [-0.2, 0) is 16.6 Å². The van der Waals surface area contributed by atoms with Crippen LogP contribution in [0.1, 0.15) is 5.56 Å². The van der Waals surface area contributed by atoms with Gasteiger partial charge in [-0.15, -0.1) is 0 Å². The quantitative estimate of drug-likeness (QED) is 0.518. The molecule has 0 atom stereocenters. The minimum Gasteiger partial charge on any atom is -0.497 e. The minimum absolute atomic E-state index is 0.00463. The highest BCUT2D eigenvalue weighted by atomic mass is 32.2. The first-order valence-corrected chi connectivity index (χ1v) is 11.2. The van der Waals surface area contributed by atoms with E-state index in [-0.39, 0.29) is 33.8 Å². The van der Waals surface area contributed by atoms with Crippen molar-refractivity contribution in [3.63, 3.8) is 0 Å². The van der Waals surface area contributed by atoms with Crippen molar-refractivity contribution in [3.8, 4) is 17.5 Å². The molecule has 178 valence electrons. The fourth-order valence-corrected chi connectivity index (χ4v) is 5.09. The Morgan fingerprint density at radius 1 is 0.912 bits per heavy atom. The summed E-state index contributed by atoms with van der Waals surface area (Å²) in [7, 11) is -0.504. The summed E-state index contributed by atoms with van der Waals surface area (Å²) < 4.78 is 71.8. The molecule has 0 bridgehead atoms. The van der Waals surface area contributed by atoms with Gasteiger partial charge in [0.25, 0.3) is 10.0 Å². The van der Waals surface area contributed by atoms with Crippen molar-refractivity contribution >= 4 is 27.4 Å². The molecule has 2 aromatic carbocycles. The van der Waals surface area contributed by atoms with Gasteiger partial charge in [0.2, 0.25) is 11.8 Å². The number of pyridine rings is 1. The average Bonchev–Trinajstić information content (AvgIpc) is 2.82. The smallest absolute Gasteiger partial charge is 0.343 e. The normalized spacial score (nSPS) is 14.6. The number of urea groups is 1. The molecule has 4 rings (SSSR count). The van der Waals surface area contributed by atoms with Gasteiger partial charge in [0.15, 0.2) is 0 Å². The van der Waals surface area contributed by atoms with Gasteiger partial charge in [-0.2, -0.15) is 9.29 Å². The molecule has 2 heterocycles. The lowest BCUT2D eigenvalue weighted by atomic mass is 10.1. The molecule has 0 spiro atoms. The van der Waals surface area contributed by atoms with Gasteiger partial charge in [0.05, 0.1) is 39.2 Å². The number of rotatable bonds is 6. The SMILES string of the molecule is COc1cc(F)c(CN2C(=O)N(c3cc(OC)nc(OC)c3)S(=O)(=O)c3ccccc32)c(F)c1. The van der Waals surface area contributed by atoms with Crippen LogP contribution in [0, 0.1) is 11.6 Å².